The molecule has 168 valence electrons. The fraction of sp³-hybridized carbons (Fsp3) is 0.0741. The van der Waals surface area contributed by atoms with Crippen molar-refractivity contribution in [2.24, 2.45) is 0 Å². The van der Waals surface area contributed by atoms with Gasteiger partial charge in [0, 0.05) is 24.1 Å². The Morgan fingerprint density at radius 3 is 2.62 bits per heavy atom. The largest absolute Gasteiger partial charge is 0.323 e. The maximum atomic E-state index is 14.2. The van der Waals surface area contributed by atoms with Gasteiger partial charge < -0.3 is 5.32 Å². The van der Waals surface area contributed by atoms with Crippen LogP contribution in [0.1, 0.15) is 23.7 Å². The number of thiazole rings is 1. The van der Waals surface area contributed by atoms with Gasteiger partial charge in [0.25, 0.3) is 0 Å². The monoisotopic (exact) mass is 469 g/mol. The van der Waals surface area contributed by atoms with E-state index in [2.05, 4.69) is 22.4 Å². The first-order valence-electron chi connectivity index (χ1n) is 10.7. The molecule has 1 heterocycles. The maximum Gasteiger partial charge on any atom is 0.248 e. The van der Waals surface area contributed by atoms with E-state index in [4.69, 9.17) is 0 Å². The molecule has 1 aromatic heterocycles. The minimum Gasteiger partial charge on any atom is -0.323 e. The molecular formula is C27H20FN3O2S. The molecule has 0 atom stereocenters. The number of hydrogen-bond acceptors (Lipinski definition) is 4. The Bertz CT molecular complexity index is 1440. The Labute approximate surface area is 200 Å². The number of fused-ring (bicyclic) bond motifs is 3. The molecule has 5 nitrogen and oxygen atoms in total. The van der Waals surface area contributed by atoms with Gasteiger partial charge in [-0.25, -0.2) is 9.37 Å². The van der Waals surface area contributed by atoms with Crippen molar-refractivity contribution in [1.82, 2.24) is 4.98 Å². The number of halogens is 1. The van der Waals surface area contributed by atoms with Crippen molar-refractivity contribution in [3.63, 3.8) is 0 Å². The molecule has 0 bridgehead atoms. The van der Waals surface area contributed by atoms with Gasteiger partial charge in [0.05, 0.1) is 11.4 Å². The normalized spacial score (nSPS) is 11.8. The second kappa shape index (κ2) is 9.03. The lowest BCUT2D eigenvalue weighted by Gasteiger charge is -2.18. The number of carbonyl (C=O) groups excluding carboxylic acids is 2. The van der Waals surface area contributed by atoms with Crippen LogP contribution in [-0.4, -0.2) is 16.8 Å². The summed E-state index contributed by atoms with van der Waals surface area (Å²) in [5, 5.41) is 4.93. The van der Waals surface area contributed by atoms with Crippen LogP contribution in [-0.2, 0) is 16.0 Å². The van der Waals surface area contributed by atoms with Crippen LogP contribution in [0.3, 0.4) is 0 Å². The lowest BCUT2D eigenvalue weighted by atomic mass is 10.1. The van der Waals surface area contributed by atoms with E-state index in [9.17, 15) is 14.0 Å². The molecule has 1 N–H and O–H groups in total. The van der Waals surface area contributed by atoms with Gasteiger partial charge in [0.2, 0.25) is 11.8 Å². The van der Waals surface area contributed by atoms with Gasteiger partial charge in [-0.3, -0.25) is 14.5 Å². The summed E-state index contributed by atoms with van der Waals surface area (Å²) < 4.78 is 14.2. The summed E-state index contributed by atoms with van der Waals surface area (Å²) in [5.74, 6) is -1.16. The van der Waals surface area contributed by atoms with Crippen molar-refractivity contribution in [2.45, 2.75) is 13.3 Å². The van der Waals surface area contributed by atoms with E-state index < -0.39 is 5.82 Å². The zero-order valence-electron chi connectivity index (χ0n) is 18.3. The van der Waals surface area contributed by atoms with Crippen molar-refractivity contribution in [1.29, 1.82) is 0 Å². The molecule has 1 aliphatic carbocycles. The molecule has 0 fully saturated rings. The first-order chi connectivity index (χ1) is 16.5. The van der Waals surface area contributed by atoms with Gasteiger partial charge in [-0.15, -0.1) is 11.3 Å². The molecule has 2 amide bonds. The van der Waals surface area contributed by atoms with Crippen molar-refractivity contribution in [3.05, 3.63) is 101 Å². The Kier molecular flexibility index (Phi) is 5.77. The number of anilines is 3. The maximum absolute atomic E-state index is 14.2. The van der Waals surface area contributed by atoms with Crippen LogP contribution in [0, 0.1) is 5.82 Å². The number of hydrogen-bond donors (Lipinski definition) is 1. The van der Waals surface area contributed by atoms with Gasteiger partial charge >= 0.3 is 0 Å². The summed E-state index contributed by atoms with van der Waals surface area (Å²) in [5.41, 5.74) is 6.27. The van der Waals surface area contributed by atoms with Gasteiger partial charge in [-0.2, -0.15) is 0 Å². The smallest absolute Gasteiger partial charge is 0.248 e. The molecule has 0 radical (unpaired) electrons. The summed E-state index contributed by atoms with van der Waals surface area (Å²) >= 11 is 1.20. The average molecular weight is 470 g/mol. The molecule has 4 aromatic rings. The second-order valence-corrected chi connectivity index (χ2v) is 8.73. The number of para-hydroxylation sites is 1. The summed E-state index contributed by atoms with van der Waals surface area (Å²) in [6, 6.07) is 20.3. The highest BCUT2D eigenvalue weighted by atomic mass is 32.1. The molecule has 0 saturated carbocycles. The van der Waals surface area contributed by atoms with Crippen LogP contribution < -0.4 is 10.2 Å². The SMILES string of the molecule is CC(=O)N(c1nc(/C=C/C(=O)Nc2ccc3c(c2)Cc2ccccc2-3)cs1)c1ccccc1F. The third-order valence-corrected chi connectivity index (χ3v) is 6.42. The number of rotatable bonds is 5. The summed E-state index contributed by atoms with van der Waals surface area (Å²) in [4.78, 5) is 30.3. The minimum absolute atomic E-state index is 0.136. The van der Waals surface area contributed by atoms with Gasteiger partial charge in [-0.1, -0.05) is 42.5 Å². The number of amides is 2. The van der Waals surface area contributed by atoms with E-state index in [0.29, 0.717) is 10.8 Å². The van der Waals surface area contributed by atoms with Crippen molar-refractivity contribution in [2.75, 3.05) is 10.2 Å². The van der Waals surface area contributed by atoms with E-state index in [1.54, 1.807) is 23.6 Å². The highest BCUT2D eigenvalue weighted by molar-refractivity contribution is 7.14. The quantitative estimate of drug-likeness (QED) is 0.312. The molecule has 7 heteroatoms. The predicted molar refractivity (Wildman–Crippen MR) is 134 cm³/mol. The molecule has 0 aliphatic heterocycles. The van der Waals surface area contributed by atoms with Crippen LogP contribution in [0.2, 0.25) is 0 Å². The topological polar surface area (TPSA) is 62.3 Å². The molecule has 5 rings (SSSR count). The van der Waals surface area contributed by atoms with Crippen LogP contribution in [0.15, 0.2) is 78.2 Å². The van der Waals surface area contributed by atoms with E-state index in [-0.39, 0.29) is 17.5 Å². The molecule has 0 spiro atoms. The number of carbonyl (C=O) groups is 2. The van der Waals surface area contributed by atoms with Crippen molar-refractivity contribution >= 4 is 45.7 Å². The molecule has 34 heavy (non-hydrogen) atoms. The molecule has 3 aromatic carbocycles. The molecule has 0 unspecified atom stereocenters. The Balaban J connectivity index is 1.28. The minimum atomic E-state index is -0.512. The molecule has 1 aliphatic rings. The number of nitrogens with one attached hydrogen (secondary N) is 1. The summed E-state index contributed by atoms with van der Waals surface area (Å²) in [7, 11) is 0. The Morgan fingerprint density at radius 2 is 1.79 bits per heavy atom. The van der Waals surface area contributed by atoms with Crippen LogP contribution in [0.4, 0.5) is 20.9 Å². The Morgan fingerprint density at radius 1 is 1.03 bits per heavy atom. The molecule has 0 saturated heterocycles. The van der Waals surface area contributed by atoms with Crippen LogP contribution in [0.5, 0.6) is 0 Å². The number of nitrogens with zero attached hydrogens (tertiary/aromatic N) is 2. The number of aromatic nitrogens is 1. The highest BCUT2D eigenvalue weighted by Gasteiger charge is 2.21. The van der Waals surface area contributed by atoms with Crippen LogP contribution in [0.25, 0.3) is 17.2 Å². The predicted octanol–water partition coefficient (Wildman–Crippen LogP) is 6.19. The average Bonchev–Trinajstić information content (AvgIpc) is 3.43. The third-order valence-electron chi connectivity index (χ3n) is 5.58. The zero-order valence-corrected chi connectivity index (χ0v) is 19.1. The van der Waals surface area contributed by atoms with E-state index >= 15 is 0 Å². The number of benzene rings is 3. The van der Waals surface area contributed by atoms with Crippen LogP contribution >= 0.6 is 11.3 Å². The first kappa shape index (κ1) is 21.7. The standard InChI is InChI=1S/C27H20FN3O2S/c1-17(32)31(25-9-5-4-8-24(25)28)27-30-21(16-34-27)11-13-26(33)29-20-10-12-23-19(15-20)14-18-6-2-3-7-22(18)23/h2-13,15-16H,14H2,1H3,(H,29,33)/b13-11+. The molecular weight excluding hydrogens is 449 g/mol. The third kappa shape index (κ3) is 4.25. The van der Waals surface area contributed by atoms with Gasteiger partial charge in [0.15, 0.2) is 5.13 Å². The van der Waals surface area contributed by atoms with E-state index in [1.807, 2.05) is 30.3 Å². The van der Waals surface area contributed by atoms with E-state index in [0.717, 1.165) is 12.1 Å². The van der Waals surface area contributed by atoms with Gasteiger partial charge in [-0.05, 0) is 59.0 Å². The second-order valence-electron chi connectivity index (χ2n) is 7.89. The fourth-order valence-electron chi connectivity index (χ4n) is 4.06. The summed E-state index contributed by atoms with van der Waals surface area (Å²) in [6.07, 6.45) is 3.81. The zero-order chi connectivity index (χ0) is 23.7. The fourth-order valence-corrected chi connectivity index (χ4v) is 4.91. The van der Waals surface area contributed by atoms with E-state index in [1.165, 1.54) is 63.6 Å². The van der Waals surface area contributed by atoms with Crippen molar-refractivity contribution < 1.29 is 14.0 Å². The van der Waals surface area contributed by atoms with Gasteiger partial charge in [0.1, 0.15) is 5.82 Å². The summed E-state index contributed by atoms with van der Waals surface area (Å²) in [6.45, 7) is 1.35. The highest BCUT2D eigenvalue weighted by Crippen LogP contribution is 2.37. The lowest BCUT2D eigenvalue weighted by Crippen LogP contribution is -2.23. The Hall–Kier alpha value is -4.10. The first-order valence-corrected chi connectivity index (χ1v) is 11.6. The van der Waals surface area contributed by atoms with Crippen molar-refractivity contribution in [3.8, 4) is 11.1 Å². The lowest BCUT2D eigenvalue weighted by molar-refractivity contribution is -0.116.